The van der Waals surface area contributed by atoms with Crippen molar-refractivity contribution in [1.29, 1.82) is 5.26 Å². The fourth-order valence-electron chi connectivity index (χ4n) is 2.88. The molecule has 0 aromatic heterocycles. The molecule has 8 heteroatoms. The molecule has 1 aliphatic heterocycles. The highest BCUT2D eigenvalue weighted by Gasteiger charge is 2.31. The van der Waals surface area contributed by atoms with Crippen LogP contribution in [0.25, 0.3) is 0 Å². The second kappa shape index (κ2) is 8.62. The molecule has 1 aromatic rings. The Balaban J connectivity index is 2.02. The Labute approximate surface area is 155 Å². The predicted molar refractivity (Wildman–Crippen MR) is 98.9 cm³/mol. The molecule has 0 bridgehead atoms. The second-order valence-electron chi connectivity index (χ2n) is 6.57. The van der Waals surface area contributed by atoms with E-state index in [0.717, 1.165) is 6.42 Å². The van der Waals surface area contributed by atoms with Crippen LogP contribution in [0.4, 0.5) is 0 Å². The van der Waals surface area contributed by atoms with E-state index >= 15 is 0 Å². The number of nitrogens with zero attached hydrogens (tertiary/aromatic N) is 4. The summed E-state index contributed by atoms with van der Waals surface area (Å²) in [4.78, 5) is 16.2. The average molecular weight is 378 g/mol. The third-order valence-electron chi connectivity index (χ3n) is 4.94. The molecular formula is C18H26N4O3S. The molecule has 0 spiro atoms. The summed E-state index contributed by atoms with van der Waals surface area (Å²) in [5.41, 5.74) is 0.140. The van der Waals surface area contributed by atoms with Gasteiger partial charge in [-0.2, -0.15) is 9.57 Å². The van der Waals surface area contributed by atoms with E-state index in [1.54, 1.807) is 17.0 Å². The number of sulfonamides is 1. The largest absolute Gasteiger partial charge is 0.339 e. The lowest BCUT2D eigenvalue weighted by Gasteiger charge is -2.35. The van der Waals surface area contributed by atoms with Crippen LogP contribution < -0.4 is 0 Å². The zero-order valence-corrected chi connectivity index (χ0v) is 16.4. The normalized spacial score (nSPS) is 17.1. The number of nitriles is 1. The molecule has 1 unspecified atom stereocenters. The Bertz CT molecular complexity index is 780. The van der Waals surface area contributed by atoms with Crippen LogP contribution in [0.1, 0.15) is 25.8 Å². The molecular weight excluding hydrogens is 352 g/mol. The molecule has 26 heavy (non-hydrogen) atoms. The lowest BCUT2D eigenvalue weighted by Crippen LogP contribution is -2.52. The van der Waals surface area contributed by atoms with Crippen molar-refractivity contribution in [2.24, 2.45) is 0 Å². The molecule has 142 valence electrons. The minimum Gasteiger partial charge on any atom is -0.339 e. The van der Waals surface area contributed by atoms with Crippen molar-refractivity contribution < 1.29 is 13.2 Å². The van der Waals surface area contributed by atoms with Crippen molar-refractivity contribution in [3.63, 3.8) is 0 Å². The number of carbonyl (C=O) groups is 1. The molecule has 0 N–H and O–H groups in total. The van der Waals surface area contributed by atoms with Crippen LogP contribution in [0.5, 0.6) is 0 Å². The number of likely N-dealkylation sites (N-methyl/N-ethyl adjacent to an activating group) is 1. The van der Waals surface area contributed by atoms with Gasteiger partial charge in [0, 0.05) is 32.2 Å². The molecule has 1 aromatic carbocycles. The maximum absolute atomic E-state index is 12.8. The molecule has 1 heterocycles. The summed E-state index contributed by atoms with van der Waals surface area (Å²) in [5, 5.41) is 9.15. The van der Waals surface area contributed by atoms with Crippen molar-refractivity contribution in [2.75, 3.05) is 39.8 Å². The molecule has 0 saturated carbocycles. The lowest BCUT2D eigenvalue weighted by molar-refractivity contribution is -0.133. The van der Waals surface area contributed by atoms with Gasteiger partial charge < -0.3 is 4.90 Å². The van der Waals surface area contributed by atoms with Gasteiger partial charge >= 0.3 is 0 Å². The first-order valence-corrected chi connectivity index (χ1v) is 10.2. The van der Waals surface area contributed by atoms with Crippen LogP contribution >= 0.6 is 0 Å². The van der Waals surface area contributed by atoms with Gasteiger partial charge in [0.1, 0.15) is 6.07 Å². The molecule has 0 radical (unpaired) electrons. The zero-order chi connectivity index (χ0) is 19.3. The minimum absolute atomic E-state index is 0.0160. The van der Waals surface area contributed by atoms with Gasteiger partial charge in [0.25, 0.3) is 0 Å². The van der Waals surface area contributed by atoms with E-state index in [9.17, 15) is 13.2 Å². The number of piperazine rings is 1. The summed E-state index contributed by atoms with van der Waals surface area (Å²) >= 11 is 0. The number of hydrogen-bond donors (Lipinski definition) is 0. The van der Waals surface area contributed by atoms with Gasteiger partial charge in [0.15, 0.2) is 0 Å². The molecule has 1 fully saturated rings. The predicted octanol–water partition coefficient (Wildman–Crippen LogP) is 1.12. The molecule has 2 rings (SSSR count). The number of amides is 1. The van der Waals surface area contributed by atoms with Crippen LogP contribution in [0.2, 0.25) is 0 Å². The highest BCUT2D eigenvalue weighted by atomic mass is 32.2. The zero-order valence-electron chi connectivity index (χ0n) is 15.6. The van der Waals surface area contributed by atoms with E-state index in [2.05, 4.69) is 13.8 Å². The standard InChI is InChI=1S/C18H26N4O3S/c1-4-15(2)20(3)14-18(23)21-9-11-22(12-10-21)26(24,25)17-8-6-5-7-16(17)13-19/h5-8,15H,4,9-12,14H2,1-3H3. The SMILES string of the molecule is CCC(C)N(C)CC(=O)N1CCN(S(=O)(=O)c2ccccc2C#N)CC1. The summed E-state index contributed by atoms with van der Waals surface area (Å²) in [6.45, 7) is 5.68. The maximum Gasteiger partial charge on any atom is 0.244 e. The quantitative estimate of drug-likeness (QED) is 0.741. The first-order chi connectivity index (χ1) is 12.3. The van der Waals surface area contributed by atoms with Gasteiger partial charge in [-0.1, -0.05) is 19.1 Å². The van der Waals surface area contributed by atoms with Crippen molar-refractivity contribution >= 4 is 15.9 Å². The third-order valence-corrected chi connectivity index (χ3v) is 6.90. The maximum atomic E-state index is 12.8. The third kappa shape index (κ3) is 4.41. The number of carbonyl (C=O) groups excluding carboxylic acids is 1. The van der Waals surface area contributed by atoms with Crippen LogP contribution in [0.3, 0.4) is 0 Å². The summed E-state index contributed by atoms with van der Waals surface area (Å²) in [6, 6.07) is 8.45. The van der Waals surface area contributed by atoms with E-state index in [0.29, 0.717) is 25.7 Å². The molecule has 1 atom stereocenters. The number of benzene rings is 1. The van der Waals surface area contributed by atoms with Gasteiger partial charge in [0.05, 0.1) is 17.0 Å². The van der Waals surface area contributed by atoms with Crippen LogP contribution in [-0.2, 0) is 14.8 Å². The smallest absolute Gasteiger partial charge is 0.244 e. The van der Waals surface area contributed by atoms with E-state index in [1.165, 1.54) is 16.4 Å². The first kappa shape index (κ1) is 20.4. The number of hydrogen-bond acceptors (Lipinski definition) is 5. The van der Waals surface area contributed by atoms with Gasteiger partial charge in [0.2, 0.25) is 15.9 Å². The van der Waals surface area contributed by atoms with Gasteiger partial charge in [-0.15, -0.1) is 0 Å². The monoisotopic (exact) mass is 378 g/mol. The summed E-state index contributed by atoms with van der Waals surface area (Å²) < 4.78 is 27.0. The van der Waals surface area contributed by atoms with E-state index < -0.39 is 10.0 Å². The minimum atomic E-state index is -3.73. The first-order valence-electron chi connectivity index (χ1n) is 8.78. The molecule has 0 aliphatic carbocycles. The van der Waals surface area contributed by atoms with Crippen molar-refractivity contribution in [2.45, 2.75) is 31.2 Å². The van der Waals surface area contributed by atoms with Crippen LogP contribution in [-0.4, -0.2) is 74.2 Å². The summed E-state index contributed by atoms with van der Waals surface area (Å²) in [6.07, 6.45) is 0.966. The topological polar surface area (TPSA) is 84.7 Å². The summed E-state index contributed by atoms with van der Waals surface area (Å²) in [5.74, 6) is 0.0160. The molecule has 7 nitrogen and oxygen atoms in total. The highest BCUT2D eigenvalue weighted by molar-refractivity contribution is 7.89. The van der Waals surface area contributed by atoms with Crippen LogP contribution in [0, 0.1) is 11.3 Å². The Morgan fingerprint density at radius 3 is 2.46 bits per heavy atom. The van der Waals surface area contributed by atoms with Gasteiger partial charge in [-0.3, -0.25) is 9.69 Å². The Hall–Kier alpha value is -1.95. The van der Waals surface area contributed by atoms with Gasteiger partial charge in [-0.25, -0.2) is 8.42 Å². The Morgan fingerprint density at radius 2 is 1.88 bits per heavy atom. The fraction of sp³-hybridized carbons (Fsp3) is 0.556. The Kier molecular flexibility index (Phi) is 6.75. The summed E-state index contributed by atoms with van der Waals surface area (Å²) in [7, 11) is -1.81. The number of rotatable bonds is 6. The van der Waals surface area contributed by atoms with E-state index in [1.807, 2.05) is 18.0 Å². The lowest BCUT2D eigenvalue weighted by atomic mass is 10.2. The Morgan fingerprint density at radius 1 is 1.27 bits per heavy atom. The van der Waals surface area contributed by atoms with Crippen molar-refractivity contribution in [3.8, 4) is 6.07 Å². The second-order valence-corrected chi connectivity index (χ2v) is 8.47. The average Bonchev–Trinajstić information content (AvgIpc) is 2.67. The molecule has 1 aliphatic rings. The molecule has 1 amide bonds. The highest BCUT2D eigenvalue weighted by Crippen LogP contribution is 2.21. The fourth-order valence-corrected chi connectivity index (χ4v) is 4.45. The molecule has 1 saturated heterocycles. The van der Waals surface area contributed by atoms with Gasteiger partial charge in [-0.05, 0) is 32.5 Å². The van der Waals surface area contributed by atoms with Crippen molar-refractivity contribution in [3.05, 3.63) is 29.8 Å². The van der Waals surface area contributed by atoms with E-state index in [-0.39, 0.29) is 29.5 Å². The van der Waals surface area contributed by atoms with Crippen LogP contribution in [0.15, 0.2) is 29.2 Å². The van der Waals surface area contributed by atoms with Crippen molar-refractivity contribution in [1.82, 2.24) is 14.1 Å². The van der Waals surface area contributed by atoms with E-state index in [4.69, 9.17) is 5.26 Å².